The minimum absolute atomic E-state index is 0.128. The van der Waals surface area contributed by atoms with Gasteiger partial charge in [-0.15, -0.1) is 11.3 Å². The first-order chi connectivity index (χ1) is 9.81. The van der Waals surface area contributed by atoms with Gasteiger partial charge < -0.3 is 5.32 Å². The lowest BCUT2D eigenvalue weighted by molar-refractivity contribution is 0.0175. The molecule has 4 heteroatoms. The van der Waals surface area contributed by atoms with Crippen LogP contribution in [0.5, 0.6) is 0 Å². The summed E-state index contributed by atoms with van der Waals surface area (Å²) in [5.41, 5.74) is 0. The van der Waals surface area contributed by atoms with Gasteiger partial charge in [-0.25, -0.2) is 0 Å². The monoisotopic (exact) mass is 290 g/mol. The zero-order valence-electron chi connectivity index (χ0n) is 11.8. The Morgan fingerprint density at radius 2 is 1.90 bits per heavy atom. The molecule has 2 unspecified atom stereocenters. The van der Waals surface area contributed by atoms with Crippen molar-refractivity contribution in [3.8, 4) is 0 Å². The Labute approximate surface area is 124 Å². The molecule has 3 aliphatic rings. The molecule has 1 saturated carbocycles. The number of thiophene rings is 1. The van der Waals surface area contributed by atoms with E-state index in [0.717, 1.165) is 35.8 Å². The molecule has 0 aromatic carbocycles. The minimum Gasteiger partial charge on any atom is -0.348 e. The number of piperidine rings is 2. The maximum Gasteiger partial charge on any atom is 0.261 e. The van der Waals surface area contributed by atoms with E-state index in [1.807, 2.05) is 17.5 Å². The average Bonchev–Trinajstić information content (AvgIpc) is 3.11. The predicted molar refractivity (Wildman–Crippen MR) is 81.1 cm³/mol. The van der Waals surface area contributed by atoms with Crippen LogP contribution < -0.4 is 5.32 Å². The van der Waals surface area contributed by atoms with Gasteiger partial charge in [0.1, 0.15) is 0 Å². The predicted octanol–water partition coefficient (Wildman–Crippen LogP) is 3.03. The molecule has 2 atom stereocenters. The first-order valence-corrected chi connectivity index (χ1v) is 8.81. The lowest BCUT2D eigenvalue weighted by atomic mass is 9.81. The normalized spacial score (nSPS) is 33.9. The van der Waals surface area contributed by atoms with Gasteiger partial charge >= 0.3 is 0 Å². The number of carbonyl (C=O) groups excluding carboxylic acids is 1. The van der Waals surface area contributed by atoms with E-state index in [9.17, 15) is 4.79 Å². The molecule has 1 aliphatic carbocycles. The number of hydrogen-bond acceptors (Lipinski definition) is 3. The molecular weight excluding hydrogens is 268 g/mol. The van der Waals surface area contributed by atoms with Crippen LogP contribution in [0, 0.1) is 0 Å². The Morgan fingerprint density at radius 3 is 2.50 bits per heavy atom. The first-order valence-electron chi connectivity index (χ1n) is 7.93. The highest BCUT2D eigenvalue weighted by atomic mass is 32.1. The molecule has 1 aromatic heterocycles. The van der Waals surface area contributed by atoms with Crippen LogP contribution in [0.3, 0.4) is 0 Å². The molecule has 2 aliphatic heterocycles. The molecule has 2 bridgehead atoms. The van der Waals surface area contributed by atoms with Crippen LogP contribution in [-0.2, 0) is 0 Å². The third kappa shape index (κ3) is 2.40. The van der Waals surface area contributed by atoms with E-state index in [4.69, 9.17) is 0 Å². The van der Waals surface area contributed by atoms with Gasteiger partial charge in [0.15, 0.2) is 0 Å². The maximum atomic E-state index is 12.2. The van der Waals surface area contributed by atoms with Crippen molar-refractivity contribution in [2.24, 2.45) is 0 Å². The number of nitrogens with zero attached hydrogens (tertiary/aromatic N) is 1. The number of nitrogens with one attached hydrogen (secondary N) is 1. The number of hydrogen-bond donors (Lipinski definition) is 1. The van der Waals surface area contributed by atoms with Crippen molar-refractivity contribution in [1.82, 2.24) is 10.2 Å². The molecule has 1 N–H and O–H groups in total. The van der Waals surface area contributed by atoms with Gasteiger partial charge in [-0.1, -0.05) is 12.5 Å². The van der Waals surface area contributed by atoms with Gasteiger partial charge in [0.2, 0.25) is 0 Å². The van der Waals surface area contributed by atoms with E-state index >= 15 is 0 Å². The largest absolute Gasteiger partial charge is 0.348 e. The highest BCUT2D eigenvalue weighted by molar-refractivity contribution is 7.12. The Hall–Kier alpha value is -0.870. The molecule has 0 radical (unpaired) electrons. The van der Waals surface area contributed by atoms with Crippen LogP contribution in [0.15, 0.2) is 17.5 Å². The van der Waals surface area contributed by atoms with Crippen LogP contribution in [-0.4, -0.2) is 35.0 Å². The van der Waals surface area contributed by atoms with Crippen molar-refractivity contribution in [1.29, 1.82) is 0 Å². The Bertz CT molecular complexity index is 469. The molecule has 108 valence electrons. The summed E-state index contributed by atoms with van der Waals surface area (Å²) in [6, 6.07) is 6.57. The van der Waals surface area contributed by atoms with E-state index in [0.29, 0.717) is 6.04 Å². The van der Waals surface area contributed by atoms with E-state index in [2.05, 4.69) is 10.2 Å². The van der Waals surface area contributed by atoms with Gasteiger partial charge in [-0.2, -0.15) is 0 Å². The number of carbonyl (C=O) groups is 1. The second kappa shape index (κ2) is 5.15. The topological polar surface area (TPSA) is 32.3 Å². The quantitative estimate of drug-likeness (QED) is 0.928. The highest BCUT2D eigenvalue weighted by Gasteiger charge is 2.45. The minimum atomic E-state index is 0.128. The van der Waals surface area contributed by atoms with Crippen LogP contribution in [0.25, 0.3) is 0 Å². The average molecular weight is 290 g/mol. The molecule has 0 spiro atoms. The van der Waals surface area contributed by atoms with Gasteiger partial charge in [0.25, 0.3) is 5.91 Å². The fourth-order valence-electron chi connectivity index (χ4n) is 4.17. The summed E-state index contributed by atoms with van der Waals surface area (Å²) in [6.07, 6.45) is 9.16. The van der Waals surface area contributed by atoms with Crippen molar-refractivity contribution >= 4 is 17.2 Å². The van der Waals surface area contributed by atoms with Crippen LogP contribution >= 0.6 is 11.3 Å². The second-order valence-electron chi connectivity index (χ2n) is 6.54. The smallest absolute Gasteiger partial charge is 0.261 e. The molecule has 2 saturated heterocycles. The number of fused-ring (bicyclic) bond motifs is 2. The zero-order chi connectivity index (χ0) is 13.5. The SMILES string of the molecule is O=C(NC1CC2CCCC(C1)N2C1CC1)c1cccs1. The molecule has 3 heterocycles. The van der Waals surface area contributed by atoms with Crippen molar-refractivity contribution in [3.63, 3.8) is 0 Å². The fraction of sp³-hybridized carbons (Fsp3) is 0.688. The Kier molecular flexibility index (Phi) is 3.31. The molecule has 1 amide bonds. The van der Waals surface area contributed by atoms with Gasteiger partial charge in [-0.3, -0.25) is 9.69 Å². The highest BCUT2D eigenvalue weighted by Crippen LogP contribution is 2.41. The second-order valence-corrected chi connectivity index (χ2v) is 7.48. The maximum absolute atomic E-state index is 12.2. The van der Waals surface area contributed by atoms with Crippen molar-refractivity contribution in [2.75, 3.05) is 0 Å². The molecule has 1 aromatic rings. The van der Waals surface area contributed by atoms with Crippen LogP contribution in [0.1, 0.15) is 54.6 Å². The zero-order valence-corrected chi connectivity index (χ0v) is 12.6. The molecule has 3 fully saturated rings. The summed E-state index contributed by atoms with van der Waals surface area (Å²) in [6.45, 7) is 0. The van der Waals surface area contributed by atoms with Gasteiger partial charge in [0.05, 0.1) is 4.88 Å². The summed E-state index contributed by atoms with van der Waals surface area (Å²) >= 11 is 1.53. The Balaban J connectivity index is 1.42. The molecule has 4 rings (SSSR count). The number of amides is 1. The number of rotatable bonds is 3. The third-order valence-corrected chi connectivity index (χ3v) is 5.95. The summed E-state index contributed by atoms with van der Waals surface area (Å²) < 4.78 is 0. The summed E-state index contributed by atoms with van der Waals surface area (Å²) in [5.74, 6) is 0.128. The summed E-state index contributed by atoms with van der Waals surface area (Å²) in [5, 5.41) is 5.25. The van der Waals surface area contributed by atoms with Crippen molar-refractivity contribution < 1.29 is 4.79 Å². The Morgan fingerprint density at radius 1 is 1.15 bits per heavy atom. The van der Waals surface area contributed by atoms with Gasteiger partial charge in [-0.05, 0) is 50.0 Å². The molecule has 20 heavy (non-hydrogen) atoms. The summed E-state index contributed by atoms with van der Waals surface area (Å²) in [7, 11) is 0. The lowest BCUT2D eigenvalue weighted by Crippen LogP contribution is -2.57. The van der Waals surface area contributed by atoms with Crippen LogP contribution in [0.2, 0.25) is 0 Å². The molecular formula is C16H22N2OS. The van der Waals surface area contributed by atoms with Crippen LogP contribution in [0.4, 0.5) is 0 Å². The van der Waals surface area contributed by atoms with Crippen molar-refractivity contribution in [3.05, 3.63) is 22.4 Å². The van der Waals surface area contributed by atoms with E-state index in [1.54, 1.807) is 0 Å². The van der Waals surface area contributed by atoms with Gasteiger partial charge in [0, 0.05) is 24.2 Å². The first kappa shape index (κ1) is 12.8. The summed E-state index contributed by atoms with van der Waals surface area (Å²) in [4.78, 5) is 15.9. The van der Waals surface area contributed by atoms with Crippen molar-refractivity contribution in [2.45, 2.75) is 69.1 Å². The lowest BCUT2D eigenvalue weighted by Gasteiger charge is -2.49. The standard InChI is InChI=1S/C16H22N2OS/c19-16(15-5-2-8-20-15)17-11-9-13-3-1-4-14(10-11)18(13)12-6-7-12/h2,5,8,11-14H,1,3-4,6-7,9-10H2,(H,17,19). The van der Waals surface area contributed by atoms with E-state index < -0.39 is 0 Å². The molecule has 3 nitrogen and oxygen atoms in total. The van der Waals surface area contributed by atoms with E-state index in [-0.39, 0.29) is 5.91 Å². The third-order valence-electron chi connectivity index (χ3n) is 5.08. The fourth-order valence-corrected chi connectivity index (χ4v) is 4.80. The van der Waals surface area contributed by atoms with E-state index in [1.165, 1.54) is 43.4 Å².